The van der Waals surface area contributed by atoms with Crippen molar-refractivity contribution in [1.82, 2.24) is 14.7 Å². The molecule has 6 nitrogen and oxygen atoms in total. The zero-order valence-electron chi connectivity index (χ0n) is 19.2. The number of nitrogens with one attached hydrogen (secondary N) is 1. The van der Waals surface area contributed by atoms with Crippen molar-refractivity contribution in [1.29, 1.82) is 0 Å². The van der Waals surface area contributed by atoms with Gasteiger partial charge in [-0.2, -0.15) is 5.10 Å². The minimum absolute atomic E-state index is 0.0721. The summed E-state index contributed by atoms with van der Waals surface area (Å²) >= 11 is 0. The SMILES string of the molecule is CC(=O)Nc1c(-c2ccc(C)cc2)c(C)nn1-c1ccc(C(=O)N2CCCC[C@H]2C)cc1. The number of benzene rings is 2. The number of likely N-dealkylation sites (tertiary alicyclic amines) is 1. The fourth-order valence-corrected chi connectivity index (χ4v) is 4.37. The Morgan fingerprint density at radius 3 is 2.31 bits per heavy atom. The first kappa shape index (κ1) is 21.8. The lowest BCUT2D eigenvalue weighted by molar-refractivity contribution is -0.114. The number of carbonyl (C=O) groups is 2. The second-order valence-corrected chi connectivity index (χ2v) is 8.66. The first-order valence-corrected chi connectivity index (χ1v) is 11.2. The van der Waals surface area contributed by atoms with Crippen LogP contribution in [-0.4, -0.2) is 39.1 Å². The zero-order chi connectivity index (χ0) is 22.8. The van der Waals surface area contributed by atoms with Crippen LogP contribution in [0.4, 0.5) is 5.82 Å². The van der Waals surface area contributed by atoms with Crippen LogP contribution in [0, 0.1) is 13.8 Å². The van der Waals surface area contributed by atoms with E-state index >= 15 is 0 Å². The van der Waals surface area contributed by atoms with Gasteiger partial charge in [-0.05, 0) is 69.9 Å². The molecule has 1 saturated heterocycles. The van der Waals surface area contributed by atoms with E-state index < -0.39 is 0 Å². The fourth-order valence-electron chi connectivity index (χ4n) is 4.37. The van der Waals surface area contributed by atoms with Crippen LogP contribution in [0.2, 0.25) is 0 Å². The van der Waals surface area contributed by atoms with Crippen molar-refractivity contribution in [2.24, 2.45) is 0 Å². The third-order valence-corrected chi connectivity index (χ3v) is 6.12. The summed E-state index contributed by atoms with van der Waals surface area (Å²) in [5, 5.41) is 7.67. The van der Waals surface area contributed by atoms with E-state index in [0.717, 1.165) is 41.9 Å². The highest BCUT2D eigenvalue weighted by Gasteiger charge is 2.24. The minimum atomic E-state index is -0.162. The Hall–Kier alpha value is -3.41. The highest BCUT2D eigenvalue weighted by molar-refractivity contribution is 5.95. The minimum Gasteiger partial charge on any atom is -0.336 e. The van der Waals surface area contributed by atoms with E-state index in [1.165, 1.54) is 18.9 Å². The third-order valence-electron chi connectivity index (χ3n) is 6.12. The van der Waals surface area contributed by atoms with Crippen molar-refractivity contribution < 1.29 is 9.59 Å². The van der Waals surface area contributed by atoms with Gasteiger partial charge in [0.15, 0.2) is 0 Å². The van der Waals surface area contributed by atoms with Crippen molar-refractivity contribution in [3.8, 4) is 16.8 Å². The lowest BCUT2D eigenvalue weighted by Gasteiger charge is -2.33. The number of piperidine rings is 1. The molecule has 0 spiro atoms. The Morgan fingerprint density at radius 1 is 1.00 bits per heavy atom. The summed E-state index contributed by atoms with van der Waals surface area (Å²) in [6.07, 6.45) is 3.29. The highest BCUT2D eigenvalue weighted by atomic mass is 16.2. The number of amides is 2. The molecule has 1 aliphatic heterocycles. The maximum absolute atomic E-state index is 13.0. The molecule has 0 radical (unpaired) electrons. The number of hydrogen-bond acceptors (Lipinski definition) is 3. The van der Waals surface area contributed by atoms with Crippen LogP contribution in [0.5, 0.6) is 0 Å². The van der Waals surface area contributed by atoms with E-state index in [-0.39, 0.29) is 17.9 Å². The Morgan fingerprint density at radius 2 is 1.69 bits per heavy atom. The van der Waals surface area contributed by atoms with Crippen molar-refractivity contribution in [2.45, 2.75) is 53.0 Å². The zero-order valence-corrected chi connectivity index (χ0v) is 19.2. The predicted octanol–water partition coefficient (Wildman–Crippen LogP) is 5.13. The van der Waals surface area contributed by atoms with E-state index in [1.54, 1.807) is 4.68 Å². The Bertz CT molecular complexity index is 1130. The smallest absolute Gasteiger partial charge is 0.254 e. The number of nitrogens with zero attached hydrogens (tertiary/aromatic N) is 3. The van der Waals surface area contributed by atoms with Gasteiger partial charge in [-0.1, -0.05) is 29.8 Å². The van der Waals surface area contributed by atoms with Crippen LogP contribution in [0.15, 0.2) is 48.5 Å². The van der Waals surface area contributed by atoms with Crippen LogP contribution < -0.4 is 5.32 Å². The molecule has 32 heavy (non-hydrogen) atoms. The summed E-state index contributed by atoms with van der Waals surface area (Å²) < 4.78 is 1.74. The molecule has 1 N–H and O–H groups in total. The second-order valence-electron chi connectivity index (χ2n) is 8.66. The molecule has 3 aromatic rings. The molecule has 4 rings (SSSR count). The monoisotopic (exact) mass is 430 g/mol. The molecular weight excluding hydrogens is 400 g/mol. The summed E-state index contributed by atoms with van der Waals surface area (Å²) in [4.78, 5) is 26.9. The quantitative estimate of drug-likeness (QED) is 0.624. The summed E-state index contributed by atoms with van der Waals surface area (Å²) in [5.41, 5.74) is 5.34. The maximum atomic E-state index is 13.0. The molecule has 1 atom stereocenters. The number of rotatable bonds is 4. The van der Waals surface area contributed by atoms with Crippen LogP contribution in [0.3, 0.4) is 0 Å². The molecule has 1 fully saturated rings. The summed E-state index contributed by atoms with van der Waals surface area (Å²) in [6, 6.07) is 15.9. The number of hydrogen-bond donors (Lipinski definition) is 1. The van der Waals surface area contributed by atoms with E-state index in [0.29, 0.717) is 11.4 Å². The summed E-state index contributed by atoms with van der Waals surface area (Å²) in [5.74, 6) is 0.538. The molecule has 2 aromatic carbocycles. The molecule has 1 aliphatic rings. The first-order chi connectivity index (χ1) is 15.3. The highest BCUT2D eigenvalue weighted by Crippen LogP contribution is 2.34. The molecule has 0 aliphatic carbocycles. The number of carbonyl (C=O) groups excluding carboxylic acids is 2. The van der Waals surface area contributed by atoms with Gasteiger partial charge in [-0.3, -0.25) is 9.59 Å². The lowest BCUT2D eigenvalue weighted by atomic mass is 10.0. The predicted molar refractivity (Wildman–Crippen MR) is 127 cm³/mol. The second kappa shape index (κ2) is 8.99. The van der Waals surface area contributed by atoms with E-state index in [1.807, 2.05) is 67.3 Å². The molecule has 6 heteroatoms. The number of aryl methyl sites for hydroxylation is 2. The molecule has 0 bridgehead atoms. The Balaban J connectivity index is 1.70. The molecule has 1 aromatic heterocycles. The largest absolute Gasteiger partial charge is 0.336 e. The van der Waals surface area contributed by atoms with Gasteiger partial charge in [0.25, 0.3) is 5.91 Å². The van der Waals surface area contributed by atoms with Gasteiger partial charge in [0.1, 0.15) is 5.82 Å². The van der Waals surface area contributed by atoms with Crippen LogP contribution in [0.1, 0.15) is 54.7 Å². The van der Waals surface area contributed by atoms with Gasteiger partial charge < -0.3 is 10.2 Å². The van der Waals surface area contributed by atoms with E-state index in [4.69, 9.17) is 5.10 Å². The third kappa shape index (κ3) is 4.31. The van der Waals surface area contributed by atoms with Crippen molar-refractivity contribution >= 4 is 17.6 Å². The average molecular weight is 431 g/mol. The van der Waals surface area contributed by atoms with Crippen LogP contribution >= 0.6 is 0 Å². The van der Waals surface area contributed by atoms with Gasteiger partial charge in [-0.25, -0.2) is 4.68 Å². The lowest BCUT2D eigenvalue weighted by Crippen LogP contribution is -2.42. The van der Waals surface area contributed by atoms with E-state index in [2.05, 4.69) is 12.2 Å². The summed E-state index contributed by atoms with van der Waals surface area (Å²) in [6.45, 7) is 8.40. The van der Waals surface area contributed by atoms with Crippen molar-refractivity contribution in [3.63, 3.8) is 0 Å². The van der Waals surface area contributed by atoms with Gasteiger partial charge in [0.2, 0.25) is 5.91 Å². The Kier molecular flexibility index (Phi) is 6.12. The van der Waals surface area contributed by atoms with Gasteiger partial charge >= 0.3 is 0 Å². The van der Waals surface area contributed by atoms with Crippen molar-refractivity contribution in [3.05, 3.63) is 65.4 Å². The standard InChI is InChI=1S/C26H30N4O2/c1-17-8-10-21(11-9-17)24-19(3)28-30(25(24)27-20(4)31)23-14-12-22(13-15-23)26(32)29-16-6-5-7-18(29)2/h8-15,18H,5-7,16H2,1-4H3,(H,27,31)/t18-/m1/s1. The molecule has 166 valence electrons. The molecular formula is C26H30N4O2. The topological polar surface area (TPSA) is 67.2 Å². The maximum Gasteiger partial charge on any atom is 0.254 e. The van der Waals surface area contributed by atoms with Gasteiger partial charge in [0, 0.05) is 30.6 Å². The molecule has 2 amide bonds. The molecule has 2 heterocycles. The van der Waals surface area contributed by atoms with Crippen molar-refractivity contribution in [2.75, 3.05) is 11.9 Å². The normalized spacial score (nSPS) is 16.1. The molecule has 0 unspecified atom stereocenters. The first-order valence-electron chi connectivity index (χ1n) is 11.2. The summed E-state index contributed by atoms with van der Waals surface area (Å²) in [7, 11) is 0. The molecule has 0 saturated carbocycles. The van der Waals surface area contributed by atoms with Gasteiger partial charge in [-0.15, -0.1) is 0 Å². The Labute approximate surface area is 189 Å². The fraction of sp³-hybridized carbons (Fsp3) is 0.346. The van der Waals surface area contributed by atoms with E-state index in [9.17, 15) is 9.59 Å². The average Bonchev–Trinajstić information content (AvgIpc) is 3.09. The van der Waals surface area contributed by atoms with Gasteiger partial charge in [0.05, 0.1) is 11.4 Å². The van der Waals surface area contributed by atoms with Crippen LogP contribution in [-0.2, 0) is 4.79 Å². The van der Waals surface area contributed by atoms with Crippen LogP contribution in [0.25, 0.3) is 16.8 Å². The number of aromatic nitrogens is 2. The number of anilines is 1.